The van der Waals surface area contributed by atoms with Gasteiger partial charge >= 0.3 is 0 Å². The Labute approximate surface area is 276 Å². The Hall–Kier alpha value is -0.900. The molecule has 0 heterocycles. The Morgan fingerprint density at radius 3 is 0.932 bits per heavy atom. The molecule has 1 atom stereocenters. The van der Waals surface area contributed by atoms with E-state index < -0.39 is 6.04 Å². The molecule has 0 saturated carbocycles. The van der Waals surface area contributed by atoms with E-state index in [0.29, 0.717) is 12.8 Å². The first kappa shape index (κ1) is 43.1. The summed E-state index contributed by atoms with van der Waals surface area (Å²) in [6.45, 7) is 4.26. The SMILES string of the molecule is CCCCCCCCCCCCCCCCCCCCCC(=O)N[C@@H](CO)C(=O)CCCCCCCCCCCCCCC. The van der Waals surface area contributed by atoms with Crippen LogP contribution in [0.3, 0.4) is 0 Å². The molecule has 262 valence electrons. The van der Waals surface area contributed by atoms with Crippen molar-refractivity contribution in [3.8, 4) is 0 Å². The maximum absolute atomic E-state index is 12.5. The van der Waals surface area contributed by atoms with Gasteiger partial charge in [-0.25, -0.2) is 0 Å². The molecule has 0 radical (unpaired) electrons. The smallest absolute Gasteiger partial charge is 0.220 e. The molecule has 0 aromatic carbocycles. The predicted octanol–water partition coefficient (Wildman–Crippen LogP) is 12.3. The lowest BCUT2D eigenvalue weighted by Crippen LogP contribution is -2.43. The van der Waals surface area contributed by atoms with E-state index in [-0.39, 0.29) is 18.3 Å². The lowest BCUT2D eigenvalue weighted by molar-refractivity contribution is -0.128. The number of carbonyl (C=O) groups excluding carboxylic acids is 2. The lowest BCUT2D eigenvalue weighted by Gasteiger charge is -2.15. The zero-order chi connectivity index (χ0) is 32.2. The Morgan fingerprint density at radius 1 is 0.409 bits per heavy atom. The molecule has 0 aromatic heterocycles. The maximum Gasteiger partial charge on any atom is 0.220 e. The molecule has 2 N–H and O–H groups in total. The molecule has 0 saturated heterocycles. The number of nitrogens with one attached hydrogen (secondary N) is 1. The second-order valence-corrected chi connectivity index (χ2v) is 13.9. The van der Waals surface area contributed by atoms with E-state index in [1.807, 2.05) is 0 Å². The van der Waals surface area contributed by atoms with Crippen molar-refractivity contribution in [2.45, 2.75) is 238 Å². The van der Waals surface area contributed by atoms with Crippen LogP contribution in [0.4, 0.5) is 0 Å². The fourth-order valence-corrected chi connectivity index (χ4v) is 6.35. The first-order chi connectivity index (χ1) is 21.7. The van der Waals surface area contributed by atoms with Gasteiger partial charge in [0.1, 0.15) is 6.04 Å². The number of aliphatic hydroxyl groups excluding tert-OH is 1. The van der Waals surface area contributed by atoms with E-state index >= 15 is 0 Å². The normalized spacial score (nSPS) is 12.1. The summed E-state index contributed by atoms with van der Waals surface area (Å²) in [4.78, 5) is 24.8. The van der Waals surface area contributed by atoms with Crippen molar-refractivity contribution >= 4 is 11.7 Å². The van der Waals surface area contributed by atoms with E-state index in [2.05, 4.69) is 19.2 Å². The highest BCUT2D eigenvalue weighted by Crippen LogP contribution is 2.16. The van der Waals surface area contributed by atoms with Gasteiger partial charge in [0, 0.05) is 12.8 Å². The number of amides is 1. The van der Waals surface area contributed by atoms with Gasteiger partial charge in [-0.2, -0.15) is 0 Å². The second-order valence-electron chi connectivity index (χ2n) is 13.9. The molecule has 0 rings (SSSR count). The summed E-state index contributed by atoms with van der Waals surface area (Å²) in [5, 5.41) is 12.4. The maximum atomic E-state index is 12.5. The van der Waals surface area contributed by atoms with Crippen LogP contribution in [0.25, 0.3) is 0 Å². The highest BCUT2D eigenvalue weighted by molar-refractivity contribution is 5.89. The molecule has 44 heavy (non-hydrogen) atoms. The van der Waals surface area contributed by atoms with Gasteiger partial charge in [-0.3, -0.25) is 9.59 Å². The predicted molar refractivity (Wildman–Crippen MR) is 192 cm³/mol. The first-order valence-corrected chi connectivity index (χ1v) is 20.1. The fraction of sp³-hybridized carbons (Fsp3) is 0.950. The van der Waals surface area contributed by atoms with Crippen LogP contribution < -0.4 is 5.32 Å². The van der Waals surface area contributed by atoms with Crippen molar-refractivity contribution < 1.29 is 14.7 Å². The van der Waals surface area contributed by atoms with Gasteiger partial charge < -0.3 is 10.4 Å². The van der Waals surface area contributed by atoms with Crippen molar-refractivity contribution in [2.24, 2.45) is 0 Å². The number of aliphatic hydroxyl groups is 1. The van der Waals surface area contributed by atoms with Gasteiger partial charge in [0.15, 0.2) is 5.78 Å². The first-order valence-electron chi connectivity index (χ1n) is 20.1. The number of carbonyl (C=O) groups is 2. The number of hydrogen-bond acceptors (Lipinski definition) is 3. The van der Waals surface area contributed by atoms with Crippen molar-refractivity contribution in [2.75, 3.05) is 6.61 Å². The molecule has 4 nitrogen and oxygen atoms in total. The molecule has 0 fully saturated rings. The Bertz CT molecular complexity index is 593. The molecule has 0 spiro atoms. The zero-order valence-electron chi connectivity index (χ0n) is 30.1. The highest BCUT2D eigenvalue weighted by Gasteiger charge is 2.19. The summed E-state index contributed by atoms with van der Waals surface area (Å²) in [6, 6.07) is -0.722. The summed E-state index contributed by atoms with van der Waals surface area (Å²) < 4.78 is 0. The van der Waals surface area contributed by atoms with Crippen LogP contribution in [0.15, 0.2) is 0 Å². The lowest BCUT2D eigenvalue weighted by atomic mass is 10.0. The molecule has 0 aromatic rings. The van der Waals surface area contributed by atoms with Gasteiger partial charge in [-0.05, 0) is 12.8 Å². The van der Waals surface area contributed by atoms with E-state index in [1.54, 1.807) is 0 Å². The van der Waals surface area contributed by atoms with Gasteiger partial charge in [0.2, 0.25) is 5.91 Å². The van der Waals surface area contributed by atoms with Crippen LogP contribution in [-0.4, -0.2) is 29.4 Å². The topological polar surface area (TPSA) is 66.4 Å². The number of hydrogen-bond donors (Lipinski definition) is 2. The van der Waals surface area contributed by atoms with Gasteiger partial charge in [-0.1, -0.05) is 206 Å². The van der Waals surface area contributed by atoms with Crippen molar-refractivity contribution in [1.29, 1.82) is 0 Å². The van der Waals surface area contributed by atoms with Crippen LogP contribution in [0.1, 0.15) is 232 Å². The van der Waals surface area contributed by atoms with Crippen LogP contribution in [0.2, 0.25) is 0 Å². The van der Waals surface area contributed by atoms with Gasteiger partial charge in [-0.15, -0.1) is 0 Å². The van der Waals surface area contributed by atoms with Gasteiger partial charge in [0.25, 0.3) is 0 Å². The Morgan fingerprint density at radius 2 is 0.659 bits per heavy atom. The minimum Gasteiger partial charge on any atom is -0.394 e. The third-order valence-corrected chi connectivity index (χ3v) is 9.44. The molecular weight excluding hydrogens is 542 g/mol. The molecule has 0 aliphatic heterocycles. The van der Waals surface area contributed by atoms with Gasteiger partial charge in [0.05, 0.1) is 6.61 Å². The van der Waals surface area contributed by atoms with Crippen LogP contribution in [0.5, 0.6) is 0 Å². The average Bonchev–Trinajstić information content (AvgIpc) is 3.03. The molecule has 0 aliphatic carbocycles. The Balaban J connectivity index is 3.48. The zero-order valence-corrected chi connectivity index (χ0v) is 30.1. The average molecular weight is 622 g/mol. The summed E-state index contributed by atoms with van der Waals surface area (Å²) >= 11 is 0. The molecule has 0 unspecified atom stereocenters. The van der Waals surface area contributed by atoms with E-state index in [0.717, 1.165) is 25.7 Å². The van der Waals surface area contributed by atoms with Crippen LogP contribution >= 0.6 is 0 Å². The minimum atomic E-state index is -0.722. The standard InChI is InChI=1S/C40H79NO3/c1-3-5-7-9-11-13-15-17-18-19-20-21-22-24-26-28-30-32-34-36-40(44)41-38(37-42)39(43)35-33-31-29-27-25-23-16-14-12-10-8-6-4-2/h38,42H,3-37H2,1-2H3,(H,41,44)/t38-/m0/s1. The summed E-state index contributed by atoms with van der Waals surface area (Å²) in [5.41, 5.74) is 0. The van der Waals surface area contributed by atoms with Crippen molar-refractivity contribution in [1.82, 2.24) is 5.32 Å². The van der Waals surface area contributed by atoms with E-state index in [9.17, 15) is 14.7 Å². The number of rotatable bonds is 37. The monoisotopic (exact) mass is 622 g/mol. The van der Waals surface area contributed by atoms with Crippen molar-refractivity contribution in [3.63, 3.8) is 0 Å². The van der Waals surface area contributed by atoms with Crippen molar-refractivity contribution in [3.05, 3.63) is 0 Å². The second kappa shape index (κ2) is 36.6. The molecule has 0 aliphatic rings. The van der Waals surface area contributed by atoms with E-state index in [1.165, 1.54) is 180 Å². The number of ketones is 1. The van der Waals surface area contributed by atoms with Crippen LogP contribution in [0, 0.1) is 0 Å². The summed E-state index contributed by atoms with van der Waals surface area (Å²) in [6.07, 6.45) is 43.0. The summed E-state index contributed by atoms with van der Waals surface area (Å²) in [5.74, 6) is -0.105. The highest BCUT2D eigenvalue weighted by atomic mass is 16.3. The third kappa shape index (κ3) is 32.5. The molecular formula is C40H79NO3. The van der Waals surface area contributed by atoms with Crippen LogP contribution in [-0.2, 0) is 9.59 Å². The number of unbranched alkanes of at least 4 members (excludes halogenated alkanes) is 30. The third-order valence-electron chi connectivity index (χ3n) is 9.44. The molecule has 0 bridgehead atoms. The largest absolute Gasteiger partial charge is 0.394 e. The molecule has 1 amide bonds. The van der Waals surface area contributed by atoms with E-state index in [4.69, 9.17) is 0 Å². The summed E-state index contributed by atoms with van der Waals surface area (Å²) in [7, 11) is 0. The fourth-order valence-electron chi connectivity index (χ4n) is 6.35. The minimum absolute atomic E-state index is 0.0166. The molecule has 4 heteroatoms. The quantitative estimate of drug-likeness (QED) is 0.0678. The number of Topliss-reactive ketones (excluding diaryl/α,β-unsaturated/α-hetero) is 1. The Kier molecular flexibility index (Phi) is 35.8.